The van der Waals surface area contributed by atoms with E-state index in [4.69, 9.17) is 4.74 Å². The van der Waals surface area contributed by atoms with Crippen LogP contribution in [0.3, 0.4) is 0 Å². The van der Waals surface area contributed by atoms with E-state index >= 15 is 0 Å². The number of fused-ring (bicyclic) bond motifs is 4. The number of carbonyl (C=O) groups excluding carboxylic acids is 3. The standard InChI is InChI=1S/C16H16N4O6/c1-8-12-16(13(21)17-15(23)18-14(16)22)7-9-6-10(20(24)25)2-3-11(9)19(12)4-5-26-8/h2-3,6,8,12H,4-5,7H2,1H3,(H2,17,18,21,22,23)/t8-,12+/m0/s1. The van der Waals surface area contributed by atoms with Crippen molar-refractivity contribution in [2.75, 3.05) is 18.1 Å². The van der Waals surface area contributed by atoms with Gasteiger partial charge < -0.3 is 9.64 Å². The number of amides is 4. The molecule has 0 radical (unpaired) electrons. The normalized spacial score (nSPS) is 26.7. The molecule has 4 amide bonds. The maximum atomic E-state index is 12.8. The van der Waals surface area contributed by atoms with Gasteiger partial charge in [-0.1, -0.05) is 0 Å². The number of barbiturate groups is 1. The Labute approximate surface area is 147 Å². The third-order valence-electron chi connectivity index (χ3n) is 5.32. The predicted octanol–water partition coefficient (Wildman–Crippen LogP) is 0.0970. The molecule has 2 atom stereocenters. The summed E-state index contributed by atoms with van der Waals surface area (Å²) >= 11 is 0. The van der Waals surface area contributed by atoms with Crippen LogP contribution in [0.2, 0.25) is 0 Å². The Morgan fingerprint density at radius 3 is 2.62 bits per heavy atom. The number of anilines is 1. The second kappa shape index (κ2) is 5.49. The quantitative estimate of drug-likeness (QED) is 0.412. The van der Waals surface area contributed by atoms with Gasteiger partial charge in [0.2, 0.25) is 11.8 Å². The van der Waals surface area contributed by atoms with E-state index in [-0.39, 0.29) is 12.1 Å². The summed E-state index contributed by atoms with van der Waals surface area (Å²) in [6.45, 7) is 2.59. The molecule has 1 spiro atoms. The van der Waals surface area contributed by atoms with E-state index < -0.39 is 40.3 Å². The molecule has 10 heteroatoms. The van der Waals surface area contributed by atoms with Gasteiger partial charge >= 0.3 is 6.03 Å². The largest absolute Gasteiger partial charge is 0.374 e. The lowest BCUT2D eigenvalue weighted by Gasteiger charge is -2.54. The monoisotopic (exact) mass is 360 g/mol. The Hall–Kier alpha value is -3.01. The van der Waals surface area contributed by atoms with Gasteiger partial charge in [-0.15, -0.1) is 0 Å². The molecule has 3 aliphatic rings. The molecular weight excluding hydrogens is 344 g/mol. The fourth-order valence-corrected chi connectivity index (χ4v) is 4.26. The molecule has 0 saturated carbocycles. The van der Waals surface area contributed by atoms with E-state index in [1.165, 1.54) is 12.1 Å². The highest BCUT2D eigenvalue weighted by atomic mass is 16.6. The zero-order valence-electron chi connectivity index (χ0n) is 13.9. The number of benzene rings is 1. The molecular formula is C16H16N4O6. The van der Waals surface area contributed by atoms with Gasteiger partial charge in [0.15, 0.2) is 5.41 Å². The maximum absolute atomic E-state index is 12.8. The number of nitrogens with one attached hydrogen (secondary N) is 2. The molecule has 2 saturated heterocycles. The highest BCUT2D eigenvalue weighted by Gasteiger charge is 2.62. The first kappa shape index (κ1) is 16.5. The van der Waals surface area contributed by atoms with Crippen molar-refractivity contribution in [3.05, 3.63) is 33.9 Å². The SMILES string of the molecule is C[C@@H]1OCCN2c3ccc([N+](=O)[O-])cc3CC3(C(=O)NC(=O)NC3=O)[C@@H]12. The average Bonchev–Trinajstić information content (AvgIpc) is 2.59. The van der Waals surface area contributed by atoms with Gasteiger partial charge in [0.1, 0.15) is 0 Å². The fraction of sp³-hybridized carbons (Fsp3) is 0.438. The summed E-state index contributed by atoms with van der Waals surface area (Å²) in [7, 11) is 0. The molecule has 0 aromatic heterocycles. The third kappa shape index (κ3) is 2.11. The maximum Gasteiger partial charge on any atom is 0.328 e. The number of ether oxygens (including phenoxy) is 1. The summed E-state index contributed by atoms with van der Waals surface area (Å²) in [4.78, 5) is 49.7. The van der Waals surface area contributed by atoms with E-state index in [0.717, 1.165) is 5.69 Å². The van der Waals surface area contributed by atoms with Crippen molar-refractivity contribution in [3.8, 4) is 0 Å². The summed E-state index contributed by atoms with van der Waals surface area (Å²) in [5, 5.41) is 15.5. The number of morpholine rings is 1. The summed E-state index contributed by atoms with van der Waals surface area (Å²) in [5.41, 5.74) is -0.467. The molecule has 1 aromatic carbocycles. The second-order valence-corrected chi connectivity index (χ2v) is 6.67. The van der Waals surface area contributed by atoms with Crippen LogP contribution in [-0.4, -0.2) is 48.1 Å². The van der Waals surface area contributed by atoms with Crippen LogP contribution in [0.4, 0.5) is 16.2 Å². The molecule has 0 aliphatic carbocycles. The number of non-ortho nitro benzene ring substituents is 1. The summed E-state index contributed by atoms with van der Waals surface area (Å²) in [5.74, 6) is -1.42. The Bertz CT molecular complexity index is 833. The number of nitro groups is 1. The number of hydrogen-bond donors (Lipinski definition) is 2. The molecule has 2 N–H and O–H groups in total. The smallest absolute Gasteiger partial charge is 0.328 e. The lowest BCUT2D eigenvalue weighted by Crippen LogP contribution is -2.74. The zero-order chi connectivity index (χ0) is 18.6. The highest BCUT2D eigenvalue weighted by Crippen LogP contribution is 2.46. The molecule has 3 heterocycles. The van der Waals surface area contributed by atoms with Gasteiger partial charge in [-0.2, -0.15) is 0 Å². The van der Waals surface area contributed by atoms with E-state index in [2.05, 4.69) is 10.6 Å². The van der Waals surface area contributed by atoms with Crippen molar-refractivity contribution in [2.45, 2.75) is 25.5 Å². The van der Waals surface area contributed by atoms with E-state index in [1.807, 2.05) is 4.90 Å². The third-order valence-corrected chi connectivity index (χ3v) is 5.32. The number of rotatable bonds is 1. The lowest BCUT2D eigenvalue weighted by atomic mass is 9.67. The van der Waals surface area contributed by atoms with Gasteiger partial charge in [-0.05, 0) is 18.6 Å². The molecule has 3 aliphatic heterocycles. The molecule has 10 nitrogen and oxygen atoms in total. The summed E-state index contributed by atoms with van der Waals surface area (Å²) in [6.07, 6.45) is -0.499. The first-order chi connectivity index (χ1) is 12.3. The minimum absolute atomic E-state index is 0.0518. The van der Waals surface area contributed by atoms with E-state index in [0.29, 0.717) is 18.7 Å². The molecule has 2 fully saturated rings. The number of hydrogen-bond acceptors (Lipinski definition) is 7. The van der Waals surface area contributed by atoms with E-state index in [9.17, 15) is 24.5 Å². The minimum Gasteiger partial charge on any atom is -0.374 e. The summed E-state index contributed by atoms with van der Waals surface area (Å²) in [6, 6.07) is 2.92. The number of imide groups is 2. The Balaban J connectivity index is 1.91. The van der Waals surface area contributed by atoms with Crippen LogP contribution in [0.5, 0.6) is 0 Å². The Kier molecular flexibility index (Phi) is 3.48. The van der Waals surface area contributed by atoms with Crippen LogP contribution in [0.15, 0.2) is 18.2 Å². The van der Waals surface area contributed by atoms with E-state index in [1.54, 1.807) is 13.0 Å². The van der Waals surface area contributed by atoms with Crippen LogP contribution in [-0.2, 0) is 20.7 Å². The Morgan fingerprint density at radius 1 is 1.27 bits per heavy atom. The predicted molar refractivity (Wildman–Crippen MR) is 87.5 cm³/mol. The molecule has 136 valence electrons. The van der Waals surface area contributed by atoms with Gasteiger partial charge in [0, 0.05) is 30.8 Å². The number of carbonyl (C=O) groups is 3. The summed E-state index contributed by atoms with van der Waals surface area (Å²) < 4.78 is 5.68. The minimum atomic E-state index is -1.60. The molecule has 0 unspecified atom stereocenters. The second-order valence-electron chi connectivity index (χ2n) is 6.67. The van der Waals surface area contributed by atoms with Gasteiger partial charge in [0.25, 0.3) is 5.69 Å². The van der Waals surface area contributed by atoms with Crippen LogP contribution in [0.1, 0.15) is 12.5 Å². The van der Waals surface area contributed by atoms with Crippen LogP contribution < -0.4 is 15.5 Å². The number of nitro benzene ring substituents is 1. The fourth-order valence-electron chi connectivity index (χ4n) is 4.26. The van der Waals surface area contributed by atoms with Crippen molar-refractivity contribution >= 4 is 29.2 Å². The van der Waals surface area contributed by atoms with Crippen molar-refractivity contribution in [3.63, 3.8) is 0 Å². The van der Waals surface area contributed by atoms with Crippen molar-refractivity contribution in [1.82, 2.24) is 10.6 Å². The number of urea groups is 1. The van der Waals surface area contributed by atoms with Crippen molar-refractivity contribution in [2.24, 2.45) is 5.41 Å². The molecule has 26 heavy (non-hydrogen) atoms. The number of nitrogens with zero attached hydrogens (tertiary/aromatic N) is 2. The Morgan fingerprint density at radius 2 is 1.96 bits per heavy atom. The first-order valence-corrected chi connectivity index (χ1v) is 8.17. The van der Waals surface area contributed by atoms with Crippen LogP contribution in [0, 0.1) is 15.5 Å². The average molecular weight is 360 g/mol. The molecule has 0 bridgehead atoms. The van der Waals surface area contributed by atoms with Gasteiger partial charge in [-0.25, -0.2) is 4.79 Å². The topological polar surface area (TPSA) is 131 Å². The highest BCUT2D eigenvalue weighted by molar-refractivity contribution is 6.20. The molecule has 4 rings (SSSR count). The first-order valence-electron chi connectivity index (χ1n) is 8.17. The van der Waals surface area contributed by atoms with Crippen LogP contribution in [0.25, 0.3) is 0 Å². The van der Waals surface area contributed by atoms with Crippen molar-refractivity contribution < 1.29 is 24.0 Å². The molecule has 1 aromatic rings. The van der Waals surface area contributed by atoms with Crippen LogP contribution >= 0.6 is 0 Å². The van der Waals surface area contributed by atoms with Crippen molar-refractivity contribution in [1.29, 1.82) is 0 Å². The van der Waals surface area contributed by atoms with Gasteiger partial charge in [-0.3, -0.25) is 30.3 Å². The zero-order valence-corrected chi connectivity index (χ0v) is 13.9. The van der Waals surface area contributed by atoms with Gasteiger partial charge in [0.05, 0.1) is 23.7 Å². The lowest BCUT2D eigenvalue weighted by molar-refractivity contribution is -0.384.